The third-order valence-electron chi connectivity index (χ3n) is 6.57. The highest BCUT2D eigenvalue weighted by Crippen LogP contribution is 2.43. The molecule has 2 N–H and O–H groups in total. The number of nitrogens with zero attached hydrogens (tertiary/aromatic N) is 3. The molecule has 0 aliphatic carbocycles. The number of aromatic nitrogens is 2. The van der Waals surface area contributed by atoms with Crippen molar-refractivity contribution in [3.63, 3.8) is 0 Å². The highest BCUT2D eigenvalue weighted by Gasteiger charge is 2.42. The van der Waals surface area contributed by atoms with E-state index in [1.54, 1.807) is 6.20 Å². The number of anilines is 2. The molecule has 0 saturated carbocycles. The summed E-state index contributed by atoms with van der Waals surface area (Å²) in [6.45, 7) is 5.80. The quantitative estimate of drug-likeness (QED) is 0.275. The molecule has 1 amide bonds. The van der Waals surface area contributed by atoms with Crippen molar-refractivity contribution in [2.75, 3.05) is 10.2 Å². The Morgan fingerprint density at radius 2 is 1.86 bits per heavy atom. The SMILES string of the molecule is Cc1ccccc1-n1cccc1C1C(c2ccccn2)NC(=S)N1c1ccc(NC(=O)C(C)C)c(Cl)c1. The van der Waals surface area contributed by atoms with Crippen molar-refractivity contribution in [3.05, 3.63) is 107 Å². The Kier molecular flexibility index (Phi) is 7.00. The first-order valence-corrected chi connectivity index (χ1v) is 13.0. The van der Waals surface area contributed by atoms with Crippen molar-refractivity contribution >= 4 is 46.2 Å². The number of para-hydroxylation sites is 1. The smallest absolute Gasteiger partial charge is 0.226 e. The van der Waals surface area contributed by atoms with Crippen LogP contribution in [0, 0.1) is 12.8 Å². The fourth-order valence-electron chi connectivity index (χ4n) is 4.65. The predicted molar refractivity (Wildman–Crippen MR) is 153 cm³/mol. The van der Waals surface area contributed by atoms with Gasteiger partial charge in [-0.05, 0) is 73.2 Å². The topological polar surface area (TPSA) is 62.2 Å². The number of pyridine rings is 1. The van der Waals surface area contributed by atoms with Crippen molar-refractivity contribution in [3.8, 4) is 5.69 Å². The summed E-state index contributed by atoms with van der Waals surface area (Å²) < 4.78 is 2.21. The average molecular weight is 530 g/mol. The van der Waals surface area contributed by atoms with Crippen molar-refractivity contribution in [2.24, 2.45) is 5.92 Å². The van der Waals surface area contributed by atoms with Gasteiger partial charge in [-0.15, -0.1) is 0 Å². The van der Waals surface area contributed by atoms with Crippen LogP contribution in [0.2, 0.25) is 5.02 Å². The second kappa shape index (κ2) is 10.4. The summed E-state index contributed by atoms with van der Waals surface area (Å²) in [6.07, 6.45) is 3.87. The van der Waals surface area contributed by atoms with Gasteiger partial charge in [-0.3, -0.25) is 9.78 Å². The van der Waals surface area contributed by atoms with Crippen molar-refractivity contribution in [1.82, 2.24) is 14.9 Å². The molecule has 3 heterocycles. The van der Waals surface area contributed by atoms with Gasteiger partial charge in [0.15, 0.2) is 5.11 Å². The molecule has 6 nitrogen and oxygen atoms in total. The number of amides is 1. The van der Waals surface area contributed by atoms with Crippen LogP contribution in [-0.2, 0) is 4.79 Å². The molecule has 1 aliphatic heterocycles. The Hall–Kier alpha value is -3.68. The van der Waals surface area contributed by atoms with Gasteiger partial charge in [0.2, 0.25) is 5.91 Å². The Morgan fingerprint density at radius 1 is 1.08 bits per heavy atom. The zero-order valence-corrected chi connectivity index (χ0v) is 22.4. The number of aryl methyl sites for hydroxylation is 1. The van der Waals surface area contributed by atoms with Crippen LogP contribution in [0.3, 0.4) is 0 Å². The van der Waals surface area contributed by atoms with Crippen molar-refractivity contribution in [1.29, 1.82) is 0 Å². The van der Waals surface area contributed by atoms with Crippen molar-refractivity contribution < 1.29 is 4.79 Å². The maximum atomic E-state index is 12.2. The normalized spacial score (nSPS) is 17.2. The van der Waals surface area contributed by atoms with E-state index in [2.05, 4.69) is 56.4 Å². The van der Waals surface area contributed by atoms with Crippen molar-refractivity contribution in [2.45, 2.75) is 32.9 Å². The number of hydrogen-bond acceptors (Lipinski definition) is 3. The highest BCUT2D eigenvalue weighted by atomic mass is 35.5. The molecule has 37 heavy (non-hydrogen) atoms. The van der Waals surface area contributed by atoms with Gasteiger partial charge in [0.05, 0.1) is 22.4 Å². The molecule has 5 rings (SSSR count). The van der Waals surface area contributed by atoms with E-state index < -0.39 is 0 Å². The van der Waals surface area contributed by atoms with Crippen LogP contribution in [0.5, 0.6) is 0 Å². The molecule has 1 saturated heterocycles. The van der Waals surface area contributed by atoms with Gasteiger partial charge in [0.25, 0.3) is 0 Å². The summed E-state index contributed by atoms with van der Waals surface area (Å²) in [5, 5.41) is 7.42. The minimum absolute atomic E-state index is 0.0860. The number of carbonyl (C=O) groups is 1. The Labute approximate surface area is 227 Å². The second-order valence-electron chi connectivity index (χ2n) is 9.39. The zero-order chi connectivity index (χ0) is 26.1. The molecule has 0 bridgehead atoms. The molecule has 2 unspecified atom stereocenters. The molecule has 0 radical (unpaired) electrons. The number of thiocarbonyl (C=S) groups is 1. The van der Waals surface area contributed by atoms with Gasteiger partial charge in [-0.25, -0.2) is 0 Å². The third-order valence-corrected chi connectivity index (χ3v) is 7.20. The van der Waals surface area contributed by atoms with Crippen LogP contribution in [0.4, 0.5) is 11.4 Å². The average Bonchev–Trinajstić information content (AvgIpc) is 3.50. The lowest BCUT2D eigenvalue weighted by Gasteiger charge is -2.29. The summed E-state index contributed by atoms with van der Waals surface area (Å²) in [5.74, 6) is -0.235. The molecule has 2 atom stereocenters. The van der Waals surface area contributed by atoms with Gasteiger partial charge < -0.3 is 20.1 Å². The van der Waals surface area contributed by atoms with Gasteiger partial charge in [0.1, 0.15) is 6.04 Å². The number of carbonyl (C=O) groups excluding carboxylic acids is 1. The van der Waals surface area contributed by atoms with Crippen LogP contribution in [0.25, 0.3) is 5.69 Å². The van der Waals surface area contributed by atoms with Crippen LogP contribution in [0.15, 0.2) is 85.2 Å². The largest absolute Gasteiger partial charge is 0.351 e. The third kappa shape index (κ3) is 4.84. The second-order valence-corrected chi connectivity index (χ2v) is 10.2. The molecule has 1 fully saturated rings. The van der Waals surface area contributed by atoms with Gasteiger partial charge >= 0.3 is 0 Å². The number of rotatable bonds is 6. The van der Waals surface area contributed by atoms with E-state index in [0.717, 1.165) is 22.8 Å². The van der Waals surface area contributed by atoms with E-state index in [4.69, 9.17) is 23.8 Å². The predicted octanol–water partition coefficient (Wildman–Crippen LogP) is 6.61. The minimum atomic E-state index is -0.204. The van der Waals surface area contributed by atoms with Gasteiger partial charge in [-0.2, -0.15) is 0 Å². The summed E-state index contributed by atoms with van der Waals surface area (Å²) in [6, 6.07) is 23.6. The Bertz CT molecular complexity index is 1450. The summed E-state index contributed by atoms with van der Waals surface area (Å²) >= 11 is 12.5. The molecule has 2 aromatic carbocycles. The van der Waals surface area contributed by atoms with Gasteiger partial charge in [-0.1, -0.05) is 49.7 Å². The van der Waals surface area contributed by atoms with E-state index in [1.165, 1.54) is 5.56 Å². The molecule has 188 valence electrons. The number of halogens is 1. The Morgan fingerprint density at radius 3 is 2.57 bits per heavy atom. The first-order valence-electron chi connectivity index (χ1n) is 12.2. The molecule has 0 spiro atoms. The zero-order valence-electron chi connectivity index (χ0n) is 20.9. The number of hydrogen-bond donors (Lipinski definition) is 2. The fraction of sp³-hybridized carbons (Fsp3) is 0.207. The van der Waals surface area contributed by atoms with Crippen LogP contribution in [-0.4, -0.2) is 20.6 Å². The summed E-state index contributed by atoms with van der Waals surface area (Å²) in [5.41, 5.74) is 5.62. The first-order chi connectivity index (χ1) is 17.8. The lowest BCUT2D eigenvalue weighted by molar-refractivity contribution is -0.118. The monoisotopic (exact) mass is 529 g/mol. The molecule has 8 heteroatoms. The molecular weight excluding hydrogens is 502 g/mol. The van der Waals surface area contributed by atoms with E-state index in [-0.39, 0.29) is 23.9 Å². The number of nitrogens with one attached hydrogen (secondary N) is 2. The maximum absolute atomic E-state index is 12.2. The van der Waals surface area contributed by atoms with E-state index in [9.17, 15) is 4.79 Å². The first kappa shape index (κ1) is 25.0. The molecular formula is C29H28ClN5OS. The fourth-order valence-corrected chi connectivity index (χ4v) is 5.22. The molecule has 2 aromatic heterocycles. The lowest BCUT2D eigenvalue weighted by Crippen LogP contribution is -2.30. The minimum Gasteiger partial charge on any atom is -0.351 e. The lowest BCUT2D eigenvalue weighted by atomic mass is 10.0. The van der Waals surface area contributed by atoms with E-state index >= 15 is 0 Å². The van der Waals surface area contributed by atoms with E-state index in [0.29, 0.717) is 15.8 Å². The standard InChI is InChI=1S/C29H28ClN5OS/c1-18(2)28(36)32-22-14-13-20(17-21(22)30)35-27(26(33-29(35)37)23-10-6-7-15-31-23)25-12-8-16-34(25)24-11-5-4-9-19(24)3/h4-18,26-27H,1-3H3,(H,32,36)(H,33,37). The van der Waals surface area contributed by atoms with Crippen LogP contribution < -0.4 is 15.5 Å². The summed E-state index contributed by atoms with van der Waals surface area (Å²) in [4.78, 5) is 19.0. The number of benzene rings is 2. The summed E-state index contributed by atoms with van der Waals surface area (Å²) in [7, 11) is 0. The van der Waals surface area contributed by atoms with Gasteiger partial charge in [0, 0.05) is 35.4 Å². The van der Waals surface area contributed by atoms with Crippen LogP contribution in [0.1, 0.15) is 42.9 Å². The molecule has 1 aliphatic rings. The molecule has 4 aromatic rings. The van der Waals surface area contributed by atoms with Crippen LogP contribution >= 0.6 is 23.8 Å². The highest BCUT2D eigenvalue weighted by molar-refractivity contribution is 7.80. The van der Waals surface area contributed by atoms with E-state index in [1.807, 2.05) is 68.4 Å². The maximum Gasteiger partial charge on any atom is 0.226 e. The Balaban J connectivity index is 1.61.